The summed E-state index contributed by atoms with van der Waals surface area (Å²) in [6, 6.07) is 1.17. The third-order valence-electron chi connectivity index (χ3n) is 2.44. The number of nitro benzene ring substituents is 1. The van der Waals surface area contributed by atoms with Crippen LogP contribution in [0.2, 0.25) is 0 Å². The monoisotopic (exact) mass is 242 g/mol. The molecule has 0 fully saturated rings. The Morgan fingerprint density at radius 2 is 1.88 bits per heavy atom. The second-order valence-electron chi connectivity index (χ2n) is 3.50. The zero-order chi connectivity index (χ0) is 13.0. The maximum atomic E-state index is 10.8. The number of nitrogens with two attached hydrogens (primary N) is 1. The molecule has 0 atom stereocenters. The van der Waals surface area contributed by atoms with Crippen LogP contribution in [0, 0.1) is 10.1 Å². The fourth-order valence-corrected chi connectivity index (χ4v) is 1.68. The van der Waals surface area contributed by atoms with Crippen LogP contribution in [-0.2, 0) is 12.8 Å². The van der Waals surface area contributed by atoms with Gasteiger partial charge in [-0.05, 0) is 18.1 Å². The van der Waals surface area contributed by atoms with Crippen molar-refractivity contribution in [3.63, 3.8) is 0 Å². The number of rotatable bonds is 5. The van der Waals surface area contributed by atoms with Crippen LogP contribution in [0.4, 0.5) is 11.4 Å². The lowest BCUT2D eigenvalue weighted by Gasteiger charge is -2.11. The molecule has 0 aliphatic heterocycles. The Morgan fingerprint density at radius 1 is 1.29 bits per heavy atom. The minimum absolute atomic E-state index is 0.0189. The van der Waals surface area contributed by atoms with Gasteiger partial charge in [0.1, 0.15) is 0 Å². The lowest BCUT2D eigenvalue weighted by Crippen LogP contribution is -2.07. The molecule has 0 amide bonds. The minimum atomic E-state index is -0.737. The summed E-state index contributed by atoms with van der Waals surface area (Å²) in [6.45, 7) is -0.493. The van der Waals surface area contributed by atoms with Crippen LogP contribution in [0.1, 0.15) is 11.1 Å². The number of aromatic hydroxyl groups is 1. The number of hydrogen-bond donors (Lipinski definition) is 4. The van der Waals surface area contributed by atoms with E-state index < -0.39 is 16.4 Å². The summed E-state index contributed by atoms with van der Waals surface area (Å²) in [6.07, 6.45) is 0.171. The van der Waals surface area contributed by atoms with Gasteiger partial charge in [0, 0.05) is 25.3 Å². The first-order chi connectivity index (χ1) is 8.02. The van der Waals surface area contributed by atoms with Crippen LogP contribution in [-0.4, -0.2) is 33.5 Å². The molecule has 7 heteroatoms. The second kappa shape index (κ2) is 5.46. The van der Waals surface area contributed by atoms with Crippen molar-refractivity contribution in [2.45, 2.75) is 12.8 Å². The summed E-state index contributed by atoms with van der Waals surface area (Å²) >= 11 is 0. The molecule has 0 radical (unpaired) electrons. The summed E-state index contributed by atoms with van der Waals surface area (Å²) in [5, 5.41) is 38.0. The van der Waals surface area contributed by atoms with Gasteiger partial charge >= 0.3 is 5.69 Å². The largest absolute Gasteiger partial charge is 0.502 e. The van der Waals surface area contributed by atoms with Crippen LogP contribution >= 0.6 is 0 Å². The van der Waals surface area contributed by atoms with Crippen LogP contribution in [0.3, 0.4) is 0 Å². The van der Waals surface area contributed by atoms with Gasteiger partial charge in [0.15, 0.2) is 5.75 Å². The zero-order valence-corrected chi connectivity index (χ0v) is 9.09. The van der Waals surface area contributed by atoms with E-state index in [4.69, 9.17) is 15.9 Å². The Bertz CT molecular complexity index is 433. The smallest absolute Gasteiger partial charge is 0.316 e. The number of nitro groups is 1. The summed E-state index contributed by atoms with van der Waals surface area (Å²) in [4.78, 5) is 10.1. The fourth-order valence-electron chi connectivity index (χ4n) is 1.68. The maximum Gasteiger partial charge on any atom is 0.316 e. The molecule has 0 bridgehead atoms. The van der Waals surface area contributed by atoms with Crippen LogP contribution < -0.4 is 5.73 Å². The average molecular weight is 242 g/mol. The first kappa shape index (κ1) is 13.2. The van der Waals surface area contributed by atoms with E-state index in [1.54, 1.807) is 0 Å². The molecule has 0 saturated heterocycles. The van der Waals surface area contributed by atoms with E-state index in [-0.39, 0.29) is 37.3 Å². The van der Waals surface area contributed by atoms with Crippen molar-refractivity contribution in [3.8, 4) is 5.75 Å². The Morgan fingerprint density at radius 3 is 2.35 bits per heavy atom. The summed E-state index contributed by atoms with van der Waals surface area (Å²) in [5.74, 6) is -0.504. The second-order valence-corrected chi connectivity index (χ2v) is 3.50. The molecule has 0 spiro atoms. The molecule has 7 nitrogen and oxygen atoms in total. The number of hydrogen-bond acceptors (Lipinski definition) is 6. The Labute approximate surface area is 97.3 Å². The topological polar surface area (TPSA) is 130 Å². The van der Waals surface area contributed by atoms with Crippen molar-refractivity contribution in [1.29, 1.82) is 0 Å². The van der Waals surface area contributed by atoms with Gasteiger partial charge < -0.3 is 21.1 Å². The van der Waals surface area contributed by atoms with E-state index in [0.717, 1.165) is 0 Å². The van der Waals surface area contributed by atoms with Crippen LogP contribution in [0.25, 0.3) is 0 Å². The average Bonchev–Trinajstić information content (AvgIpc) is 2.25. The predicted octanol–water partition coefficient (Wildman–Crippen LogP) is -0.0478. The first-order valence-corrected chi connectivity index (χ1v) is 5.02. The Hall–Kier alpha value is -1.86. The number of anilines is 1. The number of nitrogen functional groups attached to an aromatic ring is 1. The van der Waals surface area contributed by atoms with Crippen molar-refractivity contribution < 1.29 is 20.2 Å². The highest BCUT2D eigenvalue weighted by molar-refractivity contribution is 5.68. The highest BCUT2D eigenvalue weighted by atomic mass is 16.6. The quantitative estimate of drug-likeness (QED) is 0.248. The van der Waals surface area contributed by atoms with Crippen molar-refractivity contribution in [3.05, 3.63) is 27.3 Å². The van der Waals surface area contributed by atoms with Crippen molar-refractivity contribution in [2.75, 3.05) is 18.9 Å². The van der Waals surface area contributed by atoms with Gasteiger partial charge in [-0.1, -0.05) is 0 Å². The van der Waals surface area contributed by atoms with Crippen molar-refractivity contribution in [2.24, 2.45) is 0 Å². The number of aliphatic hydroxyl groups is 2. The van der Waals surface area contributed by atoms with Crippen LogP contribution in [0.15, 0.2) is 6.07 Å². The van der Waals surface area contributed by atoms with E-state index in [1.807, 2.05) is 0 Å². The number of phenolic OH excluding ortho intramolecular Hbond substituents is 1. The van der Waals surface area contributed by atoms with Crippen molar-refractivity contribution in [1.82, 2.24) is 0 Å². The van der Waals surface area contributed by atoms with E-state index in [9.17, 15) is 15.2 Å². The van der Waals surface area contributed by atoms with Gasteiger partial charge in [-0.2, -0.15) is 0 Å². The maximum absolute atomic E-state index is 10.8. The van der Waals surface area contributed by atoms with Gasteiger partial charge in [0.25, 0.3) is 0 Å². The molecule has 0 aromatic heterocycles. The third-order valence-corrected chi connectivity index (χ3v) is 2.44. The molecule has 17 heavy (non-hydrogen) atoms. The third kappa shape index (κ3) is 2.63. The van der Waals surface area contributed by atoms with Gasteiger partial charge in [0.2, 0.25) is 0 Å². The molecule has 0 aliphatic rings. The summed E-state index contributed by atoms with van der Waals surface area (Å²) in [5.41, 5.74) is 5.90. The number of nitrogens with zero attached hydrogens (tertiary/aromatic N) is 1. The Kier molecular flexibility index (Phi) is 4.24. The molecular formula is C10H14N2O5. The molecule has 0 saturated carbocycles. The lowest BCUT2D eigenvalue weighted by molar-refractivity contribution is -0.386. The molecule has 94 valence electrons. The predicted molar refractivity (Wildman–Crippen MR) is 60.8 cm³/mol. The summed E-state index contributed by atoms with van der Waals surface area (Å²) < 4.78 is 0. The standard InChI is InChI=1S/C10H14N2O5/c11-9-6(1-3-13)5-8(15)10(12(16)17)7(9)2-4-14/h5,13-15H,1-4,11H2. The molecule has 1 rings (SSSR count). The lowest BCUT2D eigenvalue weighted by atomic mass is 10.00. The molecular weight excluding hydrogens is 228 g/mol. The van der Waals surface area contributed by atoms with Crippen LogP contribution in [0.5, 0.6) is 5.75 Å². The molecule has 0 heterocycles. The van der Waals surface area contributed by atoms with Gasteiger partial charge in [-0.15, -0.1) is 0 Å². The SMILES string of the molecule is Nc1c(CCO)cc(O)c([N+](=O)[O-])c1CCO. The van der Waals surface area contributed by atoms with Gasteiger partial charge in [-0.3, -0.25) is 10.1 Å². The normalized spacial score (nSPS) is 10.5. The number of phenols is 1. The number of aliphatic hydroxyl groups excluding tert-OH is 2. The van der Waals surface area contributed by atoms with E-state index in [1.165, 1.54) is 6.07 Å². The minimum Gasteiger partial charge on any atom is -0.502 e. The zero-order valence-electron chi connectivity index (χ0n) is 9.09. The highest BCUT2D eigenvalue weighted by Gasteiger charge is 2.24. The van der Waals surface area contributed by atoms with Crippen molar-refractivity contribution >= 4 is 11.4 Å². The molecule has 1 aromatic carbocycles. The highest BCUT2D eigenvalue weighted by Crippen LogP contribution is 2.36. The number of benzene rings is 1. The van der Waals surface area contributed by atoms with Gasteiger partial charge in [-0.25, -0.2) is 0 Å². The summed E-state index contributed by atoms with van der Waals surface area (Å²) in [7, 11) is 0. The molecule has 5 N–H and O–H groups in total. The first-order valence-electron chi connectivity index (χ1n) is 5.02. The Balaban J connectivity index is 3.41. The molecule has 0 aliphatic carbocycles. The van der Waals surface area contributed by atoms with E-state index in [2.05, 4.69) is 0 Å². The fraction of sp³-hybridized carbons (Fsp3) is 0.400. The van der Waals surface area contributed by atoms with E-state index in [0.29, 0.717) is 5.56 Å². The van der Waals surface area contributed by atoms with E-state index >= 15 is 0 Å². The van der Waals surface area contributed by atoms with Gasteiger partial charge in [0.05, 0.1) is 10.5 Å². The molecule has 0 unspecified atom stereocenters. The molecule has 1 aromatic rings.